The maximum atomic E-state index is 13.2. The number of carbonyl (C=O) groups is 1. The van der Waals surface area contributed by atoms with Gasteiger partial charge in [-0.05, 0) is 50.9 Å². The van der Waals surface area contributed by atoms with Gasteiger partial charge in [0.25, 0.3) is 0 Å². The number of amides is 1. The van der Waals surface area contributed by atoms with Gasteiger partial charge in [-0.2, -0.15) is 13.2 Å². The van der Waals surface area contributed by atoms with Crippen molar-refractivity contribution in [2.45, 2.75) is 19.5 Å². The third-order valence-corrected chi connectivity index (χ3v) is 4.99. The Kier molecular flexibility index (Phi) is 6.02. The first-order valence-electron chi connectivity index (χ1n) is 6.53. The number of benzene rings is 1. The lowest BCUT2D eigenvalue weighted by Gasteiger charge is -2.22. The zero-order valence-corrected chi connectivity index (χ0v) is 16.7. The maximum absolute atomic E-state index is 13.2. The highest BCUT2D eigenvalue weighted by molar-refractivity contribution is 9.11. The molecule has 0 aliphatic carbocycles. The van der Waals surface area contributed by atoms with E-state index in [1.54, 1.807) is 0 Å². The number of anilines is 2. The summed E-state index contributed by atoms with van der Waals surface area (Å²) in [5.41, 5.74) is -1.80. The molecule has 0 aliphatic heterocycles. The van der Waals surface area contributed by atoms with Crippen LogP contribution in [-0.2, 0) is 6.18 Å². The Bertz CT molecular complexity index is 861. The third kappa shape index (κ3) is 5.04. The molecule has 0 bridgehead atoms. The predicted molar refractivity (Wildman–Crippen MR) is 90.5 cm³/mol. The fraction of sp³-hybridized carbons (Fsp3) is 0.231. The van der Waals surface area contributed by atoms with E-state index in [9.17, 15) is 36.2 Å². The highest BCUT2D eigenvalue weighted by atomic mass is 79.9. The number of alkyl halides is 6. The molecule has 0 radical (unpaired) electrons. The smallest absolute Gasteiger partial charge is 0.464 e. The van der Waals surface area contributed by atoms with E-state index in [2.05, 4.69) is 41.6 Å². The SMILES string of the molecule is Cc1nc(C(F)(F)F)c(N(C(=O)O)c2c(Br)cc(OC(F)(F)F)cc2Br)s1. The molecule has 1 N–H and O–H groups in total. The number of ether oxygens (including phenoxy) is 1. The molecular formula is C13H6Br2F6N2O3S. The molecule has 1 amide bonds. The van der Waals surface area contributed by atoms with Crippen molar-refractivity contribution in [1.29, 1.82) is 0 Å². The van der Waals surface area contributed by atoms with E-state index in [-0.39, 0.29) is 24.5 Å². The lowest BCUT2D eigenvalue weighted by molar-refractivity contribution is -0.274. The van der Waals surface area contributed by atoms with Crippen LogP contribution in [0.1, 0.15) is 10.7 Å². The van der Waals surface area contributed by atoms with Crippen LogP contribution < -0.4 is 9.64 Å². The zero-order valence-electron chi connectivity index (χ0n) is 12.7. The Morgan fingerprint density at radius 1 is 1.19 bits per heavy atom. The first kappa shape index (κ1) is 21.8. The summed E-state index contributed by atoms with van der Waals surface area (Å²) < 4.78 is 79.9. The van der Waals surface area contributed by atoms with Crippen molar-refractivity contribution in [3.05, 3.63) is 31.8 Å². The molecule has 0 fully saturated rings. The minimum absolute atomic E-state index is 0.0483. The monoisotopic (exact) mass is 542 g/mol. The molecular weight excluding hydrogens is 538 g/mol. The largest absolute Gasteiger partial charge is 0.573 e. The summed E-state index contributed by atoms with van der Waals surface area (Å²) in [5, 5.41) is 8.67. The number of aromatic nitrogens is 1. The van der Waals surface area contributed by atoms with E-state index in [0.29, 0.717) is 11.3 Å². The molecule has 0 saturated carbocycles. The number of hydrogen-bond donors (Lipinski definition) is 1. The molecule has 2 aromatic rings. The van der Waals surface area contributed by atoms with Gasteiger partial charge >= 0.3 is 18.6 Å². The molecule has 1 heterocycles. The number of nitrogens with zero attached hydrogens (tertiary/aromatic N) is 2. The van der Waals surface area contributed by atoms with Crippen LogP contribution in [0, 0.1) is 6.92 Å². The summed E-state index contributed by atoms with van der Waals surface area (Å²) in [6, 6.07) is 1.56. The van der Waals surface area contributed by atoms with Gasteiger partial charge in [0.05, 0.1) is 10.7 Å². The summed E-state index contributed by atoms with van der Waals surface area (Å²) in [4.78, 5) is 15.3. The molecule has 148 valence electrons. The normalized spacial score (nSPS) is 12.2. The van der Waals surface area contributed by atoms with Gasteiger partial charge in [0.1, 0.15) is 10.8 Å². The third-order valence-electron chi connectivity index (χ3n) is 2.83. The van der Waals surface area contributed by atoms with Crippen LogP contribution in [0.2, 0.25) is 0 Å². The van der Waals surface area contributed by atoms with Gasteiger partial charge in [0, 0.05) is 8.95 Å². The molecule has 1 aromatic carbocycles. The predicted octanol–water partition coefficient (Wildman–Crippen LogP) is 6.71. The Labute approximate surface area is 167 Å². The van der Waals surface area contributed by atoms with Gasteiger partial charge in [-0.25, -0.2) is 14.7 Å². The van der Waals surface area contributed by atoms with Crippen LogP contribution in [-0.4, -0.2) is 22.5 Å². The van der Waals surface area contributed by atoms with E-state index in [1.807, 2.05) is 0 Å². The molecule has 2 rings (SSSR count). The van der Waals surface area contributed by atoms with E-state index >= 15 is 0 Å². The minimum atomic E-state index is -5.01. The van der Waals surface area contributed by atoms with Crippen molar-refractivity contribution >= 4 is 60.0 Å². The topological polar surface area (TPSA) is 62.7 Å². The molecule has 0 saturated heterocycles. The number of hydrogen-bond acceptors (Lipinski definition) is 4. The first-order valence-corrected chi connectivity index (χ1v) is 8.93. The Morgan fingerprint density at radius 3 is 2.11 bits per heavy atom. The van der Waals surface area contributed by atoms with Crippen LogP contribution in [0.15, 0.2) is 21.1 Å². The Hall–Kier alpha value is -1.54. The standard InChI is InChI=1S/C13H6Br2F6N2O3S/c1-4-22-9(12(16,17)18)10(27-4)23(11(24)25)8-6(14)2-5(3-7(8)15)26-13(19,20)21/h2-3H,1H3,(H,24,25). The second-order valence-electron chi connectivity index (χ2n) is 4.79. The van der Waals surface area contributed by atoms with Gasteiger partial charge in [0.2, 0.25) is 0 Å². The van der Waals surface area contributed by atoms with Crippen molar-refractivity contribution in [3.63, 3.8) is 0 Å². The number of aryl methyl sites for hydroxylation is 1. The van der Waals surface area contributed by atoms with E-state index < -0.39 is 35.1 Å². The van der Waals surface area contributed by atoms with Crippen molar-refractivity contribution in [1.82, 2.24) is 4.98 Å². The zero-order chi connectivity index (χ0) is 20.7. The van der Waals surface area contributed by atoms with Gasteiger partial charge in [-0.15, -0.1) is 24.5 Å². The molecule has 0 aliphatic rings. The molecule has 0 unspecified atom stereocenters. The lowest BCUT2D eigenvalue weighted by Crippen LogP contribution is -2.26. The van der Waals surface area contributed by atoms with E-state index in [0.717, 1.165) is 12.1 Å². The number of halogens is 8. The average Bonchev–Trinajstić information content (AvgIpc) is 2.82. The van der Waals surface area contributed by atoms with E-state index in [1.165, 1.54) is 6.92 Å². The fourth-order valence-electron chi connectivity index (χ4n) is 1.99. The summed E-state index contributed by atoms with van der Waals surface area (Å²) in [5.74, 6) is -0.702. The van der Waals surface area contributed by atoms with Crippen LogP contribution in [0.5, 0.6) is 5.75 Å². The van der Waals surface area contributed by atoms with Crippen LogP contribution in [0.3, 0.4) is 0 Å². The van der Waals surface area contributed by atoms with Crippen molar-refractivity contribution in [3.8, 4) is 5.75 Å². The summed E-state index contributed by atoms with van der Waals surface area (Å²) in [6.07, 6.45) is -11.7. The molecule has 0 atom stereocenters. The Morgan fingerprint density at radius 2 is 1.70 bits per heavy atom. The summed E-state index contributed by atoms with van der Waals surface area (Å²) >= 11 is 6.21. The maximum Gasteiger partial charge on any atom is 0.573 e. The van der Waals surface area contributed by atoms with E-state index in [4.69, 9.17) is 0 Å². The highest BCUT2D eigenvalue weighted by Crippen LogP contribution is 2.47. The van der Waals surface area contributed by atoms with Gasteiger partial charge in [-0.3, -0.25) is 0 Å². The second-order valence-corrected chi connectivity index (χ2v) is 7.68. The van der Waals surface area contributed by atoms with Gasteiger partial charge in [0.15, 0.2) is 5.69 Å². The van der Waals surface area contributed by atoms with Crippen LogP contribution >= 0.6 is 43.2 Å². The number of rotatable bonds is 3. The first-order chi connectivity index (χ1) is 12.2. The van der Waals surface area contributed by atoms with Crippen molar-refractivity contribution < 1.29 is 41.0 Å². The number of thiazole rings is 1. The molecule has 1 aromatic heterocycles. The lowest BCUT2D eigenvalue weighted by atomic mass is 10.2. The highest BCUT2D eigenvalue weighted by Gasteiger charge is 2.41. The van der Waals surface area contributed by atoms with Crippen LogP contribution in [0.4, 0.5) is 41.8 Å². The molecule has 5 nitrogen and oxygen atoms in total. The fourth-order valence-corrected chi connectivity index (χ4v) is 4.42. The van der Waals surface area contributed by atoms with Crippen molar-refractivity contribution in [2.75, 3.05) is 4.90 Å². The van der Waals surface area contributed by atoms with Crippen LogP contribution in [0.25, 0.3) is 0 Å². The summed E-state index contributed by atoms with van der Waals surface area (Å²) in [7, 11) is 0. The Balaban J connectivity index is 2.65. The quantitative estimate of drug-likeness (QED) is 0.437. The van der Waals surface area contributed by atoms with Gasteiger partial charge < -0.3 is 9.84 Å². The average molecular weight is 544 g/mol. The van der Waals surface area contributed by atoms with Crippen molar-refractivity contribution in [2.24, 2.45) is 0 Å². The number of carboxylic acid groups (broad SMARTS) is 1. The van der Waals surface area contributed by atoms with Gasteiger partial charge in [-0.1, -0.05) is 0 Å². The second kappa shape index (κ2) is 7.47. The molecule has 27 heavy (non-hydrogen) atoms. The molecule has 0 spiro atoms. The summed E-state index contributed by atoms with van der Waals surface area (Å²) in [6.45, 7) is 1.26. The minimum Gasteiger partial charge on any atom is -0.464 e. The molecule has 14 heteroatoms.